The van der Waals surface area contributed by atoms with E-state index in [0.717, 1.165) is 19.3 Å². The highest BCUT2D eigenvalue weighted by atomic mass is 16.2. The number of carbonyl (C=O) groups excluding carboxylic acids is 3. The summed E-state index contributed by atoms with van der Waals surface area (Å²) in [5.41, 5.74) is 5.98. The standard InChI is InChI=1S/C24H47N3O3/c1-6-7-8-9-10-11-12-13-14-15-22(28)26-23(29)16-21(25)24(30)27(17-19(2)3)18-20(4)5/h19-21H,6-18,25H2,1-5H3,(H,26,28,29). The quantitative estimate of drug-likeness (QED) is 0.338. The Labute approximate surface area is 184 Å². The number of rotatable bonds is 17. The number of carbonyl (C=O) groups is 3. The van der Waals surface area contributed by atoms with Gasteiger partial charge in [0.25, 0.3) is 0 Å². The Morgan fingerprint density at radius 1 is 0.767 bits per heavy atom. The van der Waals surface area contributed by atoms with Gasteiger partial charge in [-0.15, -0.1) is 0 Å². The van der Waals surface area contributed by atoms with Crippen molar-refractivity contribution in [2.45, 2.75) is 111 Å². The van der Waals surface area contributed by atoms with Crippen molar-refractivity contribution in [1.82, 2.24) is 10.2 Å². The molecule has 6 nitrogen and oxygen atoms in total. The van der Waals surface area contributed by atoms with Gasteiger partial charge in [-0.1, -0.05) is 86.0 Å². The van der Waals surface area contributed by atoms with E-state index in [2.05, 4.69) is 12.2 Å². The van der Waals surface area contributed by atoms with Crippen LogP contribution in [0, 0.1) is 11.8 Å². The van der Waals surface area contributed by atoms with Gasteiger partial charge in [-0.05, 0) is 18.3 Å². The van der Waals surface area contributed by atoms with Crippen molar-refractivity contribution in [2.24, 2.45) is 17.6 Å². The molecule has 0 spiro atoms. The maximum Gasteiger partial charge on any atom is 0.240 e. The van der Waals surface area contributed by atoms with E-state index in [4.69, 9.17) is 5.73 Å². The van der Waals surface area contributed by atoms with Crippen molar-refractivity contribution >= 4 is 17.7 Å². The minimum Gasteiger partial charge on any atom is -0.341 e. The fourth-order valence-electron chi connectivity index (χ4n) is 3.52. The smallest absolute Gasteiger partial charge is 0.240 e. The van der Waals surface area contributed by atoms with Gasteiger partial charge in [0.2, 0.25) is 17.7 Å². The summed E-state index contributed by atoms with van der Waals surface area (Å²) >= 11 is 0. The largest absolute Gasteiger partial charge is 0.341 e. The zero-order valence-corrected chi connectivity index (χ0v) is 20.2. The molecule has 1 atom stereocenters. The van der Waals surface area contributed by atoms with Gasteiger partial charge >= 0.3 is 0 Å². The summed E-state index contributed by atoms with van der Waals surface area (Å²) < 4.78 is 0. The molecule has 3 amide bonds. The van der Waals surface area contributed by atoms with Crippen LogP contribution in [-0.4, -0.2) is 41.8 Å². The van der Waals surface area contributed by atoms with E-state index in [1.165, 1.54) is 38.5 Å². The van der Waals surface area contributed by atoms with E-state index >= 15 is 0 Å². The molecule has 0 fully saturated rings. The highest BCUT2D eigenvalue weighted by Crippen LogP contribution is 2.11. The van der Waals surface area contributed by atoms with Crippen molar-refractivity contribution in [2.75, 3.05) is 13.1 Å². The molecule has 30 heavy (non-hydrogen) atoms. The summed E-state index contributed by atoms with van der Waals surface area (Å²) in [6.07, 6.45) is 10.8. The number of hydrogen-bond donors (Lipinski definition) is 2. The lowest BCUT2D eigenvalue weighted by Crippen LogP contribution is -2.48. The zero-order valence-electron chi connectivity index (χ0n) is 20.2. The summed E-state index contributed by atoms with van der Waals surface area (Å²) in [5, 5.41) is 2.38. The molecule has 1 unspecified atom stereocenters. The van der Waals surface area contributed by atoms with Crippen LogP contribution in [0.1, 0.15) is 105 Å². The Bertz CT molecular complexity index is 482. The van der Waals surface area contributed by atoms with Gasteiger partial charge in [0.1, 0.15) is 0 Å². The predicted octanol–water partition coefficient (Wildman–Crippen LogP) is 4.41. The normalized spacial score (nSPS) is 12.3. The Balaban J connectivity index is 4.10. The number of hydrogen-bond acceptors (Lipinski definition) is 4. The second-order valence-corrected chi connectivity index (χ2v) is 9.39. The molecule has 0 aliphatic rings. The van der Waals surface area contributed by atoms with E-state index in [1.807, 2.05) is 27.7 Å². The van der Waals surface area contributed by atoms with Crippen LogP contribution in [0.3, 0.4) is 0 Å². The second-order valence-electron chi connectivity index (χ2n) is 9.39. The van der Waals surface area contributed by atoms with Crippen LogP contribution in [0.2, 0.25) is 0 Å². The average Bonchev–Trinajstić information content (AvgIpc) is 2.64. The first-order valence-corrected chi connectivity index (χ1v) is 12.0. The molecule has 0 heterocycles. The van der Waals surface area contributed by atoms with Gasteiger partial charge in [0.05, 0.1) is 12.5 Å². The molecule has 6 heteroatoms. The molecule has 0 radical (unpaired) electrons. The number of imide groups is 1. The molecule has 0 aromatic rings. The first-order chi connectivity index (χ1) is 14.2. The first-order valence-electron chi connectivity index (χ1n) is 12.0. The average molecular weight is 426 g/mol. The molecule has 0 aliphatic carbocycles. The summed E-state index contributed by atoms with van der Waals surface area (Å²) in [5.74, 6) is -0.313. The van der Waals surface area contributed by atoms with Crippen LogP contribution in [-0.2, 0) is 14.4 Å². The van der Waals surface area contributed by atoms with Gasteiger partial charge in [-0.2, -0.15) is 0 Å². The van der Waals surface area contributed by atoms with Crippen LogP contribution in [0.5, 0.6) is 0 Å². The van der Waals surface area contributed by atoms with Crippen molar-refractivity contribution in [1.29, 1.82) is 0 Å². The molecule has 3 N–H and O–H groups in total. The molecular weight excluding hydrogens is 378 g/mol. The van der Waals surface area contributed by atoms with Crippen molar-refractivity contribution in [3.63, 3.8) is 0 Å². The Morgan fingerprint density at radius 2 is 1.23 bits per heavy atom. The van der Waals surface area contributed by atoms with E-state index in [1.54, 1.807) is 4.90 Å². The van der Waals surface area contributed by atoms with Crippen LogP contribution in [0.15, 0.2) is 0 Å². The lowest BCUT2D eigenvalue weighted by atomic mass is 10.1. The third kappa shape index (κ3) is 15.4. The lowest BCUT2D eigenvalue weighted by Gasteiger charge is -2.28. The molecule has 0 bridgehead atoms. The topological polar surface area (TPSA) is 92.5 Å². The number of nitrogens with one attached hydrogen (secondary N) is 1. The van der Waals surface area contributed by atoms with Gasteiger partial charge in [-0.3, -0.25) is 19.7 Å². The van der Waals surface area contributed by atoms with E-state index < -0.39 is 11.9 Å². The molecule has 0 saturated heterocycles. The fourth-order valence-corrected chi connectivity index (χ4v) is 3.52. The Hall–Kier alpha value is -1.43. The summed E-state index contributed by atoms with van der Waals surface area (Å²) in [6, 6.07) is -0.914. The van der Waals surface area contributed by atoms with Crippen molar-refractivity contribution in [3.8, 4) is 0 Å². The predicted molar refractivity (Wildman–Crippen MR) is 124 cm³/mol. The Morgan fingerprint density at radius 3 is 1.70 bits per heavy atom. The van der Waals surface area contributed by atoms with E-state index in [0.29, 0.717) is 31.3 Å². The summed E-state index contributed by atoms with van der Waals surface area (Å²) in [4.78, 5) is 38.4. The molecule has 0 rings (SSSR count). The number of amides is 3. The molecule has 0 saturated carbocycles. The monoisotopic (exact) mass is 425 g/mol. The van der Waals surface area contributed by atoms with Crippen LogP contribution in [0.4, 0.5) is 0 Å². The van der Waals surface area contributed by atoms with Crippen LogP contribution >= 0.6 is 0 Å². The molecular formula is C24H47N3O3. The summed E-state index contributed by atoms with van der Waals surface area (Å²) in [7, 11) is 0. The third-order valence-electron chi connectivity index (χ3n) is 4.99. The first kappa shape index (κ1) is 28.6. The van der Waals surface area contributed by atoms with E-state index in [9.17, 15) is 14.4 Å². The van der Waals surface area contributed by atoms with Gasteiger partial charge in [0, 0.05) is 19.5 Å². The highest BCUT2D eigenvalue weighted by molar-refractivity contribution is 5.97. The summed E-state index contributed by atoms with van der Waals surface area (Å²) in [6.45, 7) is 11.6. The van der Waals surface area contributed by atoms with E-state index in [-0.39, 0.29) is 18.2 Å². The Kier molecular flexibility index (Phi) is 16.4. The van der Waals surface area contributed by atoms with Gasteiger partial charge in [-0.25, -0.2) is 0 Å². The maximum absolute atomic E-state index is 12.6. The number of nitrogens with zero attached hydrogens (tertiary/aromatic N) is 1. The molecule has 0 aromatic carbocycles. The van der Waals surface area contributed by atoms with Crippen LogP contribution in [0.25, 0.3) is 0 Å². The highest BCUT2D eigenvalue weighted by Gasteiger charge is 2.25. The third-order valence-corrected chi connectivity index (χ3v) is 4.99. The van der Waals surface area contributed by atoms with Gasteiger partial charge in [0.15, 0.2) is 0 Å². The fraction of sp³-hybridized carbons (Fsp3) is 0.875. The number of nitrogens with two attached hydrogens (primary N) is 1. The minimum absolute atomic E-state index is 0.158. The van der Waals surface area contributed by atoms with Gasteiger partial charge < -0.3 is 10.6 Å². The second kappa shape index (κ2) is 17.3. The van der Waals surface area contributed by atoms with Crippen molar-refractivity contribution in [3.05, 3.63) is 0 Å². The molecule has 0 aliphatic heterocycles. The minimum atomic E-state index is -0.914. The molecule has 176 valence electrons. The SMILES string of the molecule is CCCCCCCCCCCC(=O)NC(=O)CC(N)C(=O)N(CC(C)C)CC(C)C. The zero-order chi connectivity index (χ0) is 22.9. The maximum atomic E-state index is 12.6. The van der Waals surface area contributed by atoms with Crippen molar-refractivity contribution < 1.29 is 14.4 Å². The van der Waals surface area contributed by atoms with Crippen LogP contribution < -0.4 is 11.1 Å². The number of unbranched alkanes of at least 4 members (excludes halogenated alkanes) is 8. The lowest BCUT2D eigenvalue weighted by molar-refractivity contribution is -0.137. The molecule has 0 aromatic heterocycles.